The highest BCUT2D eigenvalue weighted by Crippen LogP contribution is 2.16. The van der Waals surface area contributed by atoms with Crippen molar-refractivity contribution in [3.05, 3.63) is 59.9 Å². The molecule has 20 heavy (non-hydrogen) atoms. The van der Waals surface area contributed by atoms with E-state index in [-0.39, 0.29) is 11.8 Å². The molecule has 0 bridgehead atoms. The number of amides is 2. The molecule has 0 saturated heterocycles. The highest BCUT2D eigenvalue weighted by molar-refractivity contribution is 6.08. The Balaban J connectivity index is 2.21. The lowest BCUT2D eigenvalue weighted by Gasteiger charge is -2.10. The van der Waals surface area contributed by atoms with Crippen LogP contribution in [0.3, 0.4) is 0 Å². The van der Waals surface area contributed by atoms with Crippen molar-refractivity contribution in [2.45, 2.75) is 6.92 Å². The van der Waals surface area contributed by atoms with Crippen molar-refractivity contribution in [1.29, 1.82) is 0 Å². The molecule has 5 heteroatoms. The van der Waals surface area contributed by atoms with Crippen molar-refractivity contribution in [3.63, 3.8) is 0 Å². The number of para-hydroxylation sites is 1. The van der Waals surface area contributed by atoms with Gasteiger partial charge in [-0.05, 0) is 31.2 Å². The van der Waals surface area contributed by atoms with Gasteiger partial charge in [0.15, 0.2) is 0 Å². The summed E-state index contributed by atoms with van der Waals surface area (Å²) in [6.45, 7) is 2.37. The molecule has 2 amide bonds. The molecule has 0 saturated carbocycles. The van der Waals surface area contributed by atoms with Gasteiger partial charge in [0.2, 0.25) is 0 Å². The quantitative estimate of drug-likeness (QED) is 0.892. The molecule has 0 atom stereocenters. The molecule has 0 aliphatic heterocycles. The zero-order valence-electron chi connectivity index (χ0n) is 11.1. The van der Waals surface area contributed by atoms with Crippen molar-refractivity contribution in [3.8, 4) is 0 Å². The molecule has 102 valence electrons. The Bertz CT molecular complexity index is 612. The number of hydrogen-bond donors (Lipinski definition) is 2. The van der Waals surface area contributed by atoms with Crippen molar-refractivity contribution in [2.75, 3.05) is 11.9 Å². The lowest BCUT2D eigenvalue weighted by molar-refractivity contribution is 0.0956. The zero-order chi connectivity index (χ0) is 14.4. The topological polar surface area (TPSA) is 71.1 Å². The summed E-state index contributed by atoms with van der Waals surface area (Å²) in [6, 6.07) is 10.2. The molecule has 0 radical (unpaired) electrons. The Labute approximate surface area is 117 Å². The van der Waals surface area contributed by atoms with Crippen LogP contribution in [0.5, 0.6) is 0 Å². The molecule has 1 aromatic heterocycles. The highest BCUT2D eigenvalue weighted by atomic mass is 16.2. The summed E-state index contributed by atoms with van der Waals surface area (Å²) < 4.78 is 0. The lowest BCUT2D eigenvalue weighted by Crippen LogP contribution is -2.24. The fourth-order valence-electron chi connectivity index (χ4n) is 1.74. The van der Waals surface area contributed by atoms with E-state index in [0.717, 1.165) is 0 Å². The standard InChI is InChI=1S/C15H15N3O2/c1-2-17-15(20)12-7-3-4-8-13(12)18-14(19)11-6-5-9-16-10-11/h3-10H,2H2,1H3,(H,17,20)(H,18,19). The van der Waals surface area contributed by atoms with Crippen molar-refractivity contribution >= 4 is 17.5 Å². The first-order chi connectivity index (χ1) is 9.72. The van der Waals surface area contributed by atoms with Gasteiger partial charge in [0, 0.05) is 18.9 Å². The monoisotopic (exact) mass is 269 g/mol. The van der Waals surface area contributed by atoms with E-state index >= 15 is 0 Å². The Morgan fingerprint density at radius 2 is 1.90 bits per heavy atom. The second-order valence-corrected chi connectivity index (χ2v) is 4.10. The third-order valence-electron chi connectivity index (χ3n) is 2.68. The minimum absolute atomic E-state index is 0.213. The van der Waals surface area contributed by atoms with Crippen LogP contribution in [-0.4, -0.2) is 23.3 Å². The highest BCUT2D eigenvalue weighted by Gasteiger charge is 2.13. The fraction of sp³-hybridized carbons (Fsp3) is 0.133. The largest absolute Gasteiger partial charge is 0.352 e. The number of hydrogen-bond acceptors (Lipinski definition) is 3. The van der Waals surface area contributed by atoms with Gasteiger partial charge >= 0.3 is 0 Å². The maximum Gasteiger partial charge on any atom is 0.257 e. The van der Waals surface area contributed by atoms with Crippen LogP contribution in [0.2, 0.25) is 0 Å². The molecule has 0 aliphatic carbocycles. The SMILES string of the molecule is CCNC(=O)c1ccccc1NC(=O)c1cccnc1. The number of nitrogens with zero attached hydrogens (tertiary/aromatic N) is 1. The van der Waals surface area contributed by atoms with Gasteiger partial charge in [-0.3, -0.25) is 14.6 Å². The number of benzene rings is 1. The maximum absolute atomic E-state index is 12.1. The summed E-state index contributed by atoms with van der Waals surface area (Å²) in [7, 11) is 0. The van der Waals surface area contributed by atoms with Gasteiger partial charge in [0.05, 0.1) is 16.8 Å². The smallest absolute Gasteiger partial charge is 0.257 e. The number of aromatic nitrogens is 1. The molecular weight excluding hydrogens is 254 g/mol. The Hall–Kier alpha value is -2.69. The van der Waals surface area contributed by atoms with Gasteiger partial charge in [-0.1, -0.05) is 12.1 Å². The molecule has 0 aliphatic rings. The van der Waals surface area contributed by atoms with Crippen LogP contribution in [0.25, 0.3) is 0 Å². The van der Waals surface area contributed by atoms with E-state index in [1.165, 1.54) is 6.20 Å². The van der Waals surface area contributed by atoms with E-state index in [2.05, 4.69) is 15.6 Å². The van der Waals surface area contributed by atoms with Crippen molar-refractivity contribution in [1.82, 2.24) is 10.3 Å². The molecular formula is C15H15N3O2. The van der Waals surface area contributed by atoms with Gasteiger partial charge in [0.25, 0.3) is 11.8 Å². The summed E-state index contributed by atoms with van der Waals surface area (Å²) in [5.74, 6) is -0.510. The summed E-state index contributed by atoms with van der Waals surface area (Å²) in [5, 5.41) is 5.44. The molecule has 0 spiro atoms. The average molecular weight is 269 g/mol. The zero-order valence-corrected chi connectivity index (χ0v) is 11.1. The summed E-state index contributed by atoms with van der Waals surface area (Å²) in [6.07, 6.45) is 3.07. The minimum atomic E-state index is -0.296. The van der Waals surface area contributed by atoms with E-state index in [9.17, 15) is 9.59 Å². The van der Waals surface area contributed by atoms with E-state index in [0.29, 0.717) is 23.4 Å². The van der Waals surface area contributed by atoms with Gasteiger partial charge in [-0.15, -0.1) is 0 Å². The lowest BCUT2D eigenvalue weighted by atomic mass is 10.1. The first kappa shape index (κ1) is 13.7. The van der Waals surface area contributed by atoms with Crippen LogP contribution < -0.4 is 10.6 Å². The van der Waals surface area contributed by atoms with Gasteiger partial charge in [-0.25, -0.2) is 0 Å². The third kappa shape index (κ3) is 3.20. The van der Waals surface area contributed by atoms with Crippen LogP contribution in [0.4, 0.5) is 5.69 Å². The number of carbonyl (C=O) groups is 2. The second-order valence-electron chi connectivity index (χ2n) is 4.10. The summed E-state index contributed by atoms with van der Waals surface area (Å²) in [5.41, 5.74) is 1.36. The van der Waals surface area contributed by atoms with Crippen molar-refractivity contribution in [2.24, 2.45) is 0 Å². The van der Waals surface area contributed by atoms with E-state index < -0.39 is 0 Å². The second kappa shape index (κ2) is 6.47. The molecule has 1 aromatic carbocycles. The number of nitrogens with one attached hydrogen (secondary N) is 2. The fourth-order valence-corrected chi connectivity index (χ4v) is 1.74. The number of anilines is 1. The molecule has 1 heterocycles. The maximum atomic E-state index is 12.1. The predicted octanol–water partition coefficient (Wildman–Crippen LogP) is 2.08. The first-order valence-electron chi connectivity index (χ1n) is 6.31. The Morgan fingerprint density at radius 1 is 1.10 bits per heavy atom. The van der Waals surface area contributed by atoms with Crippen molar-refractivity contribution < 1.29 is 9.59 Å². The summed E-state index contributed by atoms with van der Waals surface area (Å²) in [4.78, 5) is 27.9. The number of pyridine rings is 1. The normalized spacial score (nSPS) is 9.85. The van der Waals surface area contributed by atoms with E-state index in [1.54, 1.807) is 42.6 Å². The van der Waals surface area contributed by atoms with E-state index in [1.807, 2.05) is 6.92 Å². The first-order valence-corrected chi connectivity index (χ1v) is 6.31. The number of rotatable bonds is 4. The minimum Gasteiger partial charge on any atom is -0.352 e. The molecule has 0 unspecified atom stereocenters. The molecule has 2 aromatic rings. The molecule has 2 N–H and O–H groups in total. The van der Waals surface area contributed by atoms with Crippen LogP contribution in [0.1, 0.15) is 27.6 Å². The molecule has 2 rings (SSSR count). The predicted molar refractivity (Wildman–Crippen MR) is 76.6 cm³/mol. The number of carbonyl (C=O) groups excluding carboxylic acids is 2. The van der Waals surface area contributed by atoms with E-state index in [4.69, 9.17) is 0 Å². The third-order valence-corrected chi connectivity index (χ3v) is 2.68. The van der Waals surface area contributed by atoms with Gasteiger partial charge in [0.1, 0.15) is 0 Å². The van der Waals surface area contributed by atoms with Crippen LogP contribution in [0.15, 0.2) is 48.8 Å². The van der Waals surface area contributed by atoms with Gasteiger partial charge in [-0.2, -0.15) is 0 Å². The summed E-state index contributed by atoms with van der Waals surface area (Å²) >= 11 is 0. The molecule has 0 fully saturated rings. The van der Waals surface area contributed by atoms with Gasteiger partial charge < -0.3 is 10.6 Å². The molecule has 5 nitrogen and oxygen atoms in total. The average Bonchev–Trinajstić information content (AvgIpc) is 2.49. The van der Waals surface area contributed by atoms with Crippen LogP contribution in [0, 0.1) is 0 Å². The Morgan fingerprint density at radius 3 is 2.60 bits per heavy atom. The Kier molecular flexibility index (Phi) is 4.44. The van der Waals surface area contributed by atoms with Crippen LogP contribution >= 0.6 is 0 Å². The van der Waals surface area contributed by atoms with Crippen LogP contribution in [-0.2, 0) is 0 Å².